The topological polar surface area (TPSA) is 56.7 Å². The highest BCUT2D eigenvalue weighted by molar-refractivity contribution is 6.13. The number of hydrogen-bond donors (Lipinski definition) is 0. The van der Waals surface area contributed by atoms with Crippen molar-refractivity contribution in [3.8, 4) is 51.0 Å². The lowest BCUT2D eigenvalue weighted by atomic mass is 9.91. The van der Waals surface area contributed by atoms with Gasteiger partial charge in [-0.15, -0.1) is 0 Å². The number of benzene rings is 9. The van der Waals surface area contributed by atoms with Crippen molar-refractivity contribution in [1.29, 1.82) is 0 Å². The Morgan fingerprint density at radius 2 is 0.948 bits per heavy atom. The van der Waals surface area contributed by atoms with Crippen LogP contribution < -0.4 is 0 Å². The predicted octanol–water partition coefficient (Wildman–Crippen LogP) is 13.8. The molecule has 270 valence electrons. The molecule has 5 heteroatoms. The first-order valence-corrected chi connectivity index (χ1v) is 19.5. The van der Waals surface area contributed by atoms with E-state index in [1.54, 1.807) is 0 Å². The zero-order chi connectivity index (χ0) is 38.2. The van der Waals surface area contributed by atoms with Crippen molar-refractivity contribution in [1.82, 2.24) is 19.5 Å². The number of hydrogen-bond acceptors (Lipinski definition) is 4. The van der Waals surface area contributed by atoms with E-state index < -0.39 is 0 Å². The van der Waals surface area contributed by atoms with Gasteiger partial charge in [-0.2, -0.15) is 9.97 Å². The maximum absolute atomic E-state index is 6.35. The SMILES string of the molecule is c1ccc(-c2cccc3cccc(-c4cccc(-c5nc(-c6ccc7c(c6)oc6ccccc67)nc(-n6c7ccccc7c7cc8ccccc8cc76)n5)c4)c23)cc1. The van der Waals surface area contributed by atoms with E-state index in [0.717, 1.165) is 71.4 Å². The van der Waals surface area contributed by atoms with Crippen molar-refractivity contribution < 1.29 is 4.42 Å². The maximum Gasteiger partial charge on any atom is 0.238 e. The maximum atomic E-state index is 6.35. The van der Waals surface area contributed by atoms with Crippen LogP contribution in [0.25, 0.3) is 116 Å². The lowest BCUT2D eigenvalue weighted by molar-refractivity contribution is 0.669. The van der Waals surface area contributed by atoms with Crippen LogP contribution in [0.15, 0.2) is 199 Å². The van der Waals surface area contributed by atoms with E-state index in [1.807, 2.05) is 18.2 Å². The molecule has 9 aromatic carbocycles. The summed E-state index contributed by atoms with van der Waals surface area (Å²) in [6.07, 6.45) is 0. The van der Waals surface area contributed by atoms with E-state index in [2.05, 4.69) is 180 Å². The van der Waals surface area contributed by atoms with E-state index >= 15 is 0 Å². The molecule has 5 nitrogen and oxygen atoms in total. The highest BCUT2D eigenvalue weighted by atomic mass is 16.3. The molecule has 0 saturated heterocycles. The zero-order valence-corrected chi connectivity index (χ0v) is 31.2. The van der Waals surface area contributed by atoms with Crippen molar-refractivity contribution in [2.45, 2.75) is 0 Å². The van der Waals surface area contributed by atoms with Crippen LogP contribution in [0, 0.1) is 0 Å². The minimum absolute atomic E-state index is 0.549. The molecule has 0 aliphatic carbocycles. The van der Waals surface area contributed by atoms with Crippen molar-refractivity contribution in [3.05, 3.63) is 194 Å². The Hall–Kier alpha value is -7.89. The summed E-state index contributed by atoms with van der Waals surface area (Å²) >= 11 is 0. The number of aromatic nitrogens is 4. The van der Waals surface area contributed by atoms with Gasteiger partial charge in [0.05, 0.1) is 11.0 Å². The zero-order valence-electron chi connectivity index (χ0n) is 31.2. The highest BCUT2D eigenvalue weighted by Crippen LogP contribution is 2.39. The van der Waals surface area contributed by atoms with Gasteiger partial charge in [-0.05, 0) is 86.3 Å². The summed E-state index contributed by atoms with van der Waals surface area (Å²) < 4.78 is 8.54. The molecule has 0 atom stereocenters. The summed E-state index contributed by atoms with van der Waals surface area (Å²) in [5, 5.41) is 9.17. The van der Waals surface area contributed by atoms with E-state index in [1.165, 1.54) is 27.3 Å². The molecule has 0 spiro atoms. The first-order chi connectivity index (χ1) is 28.7. The summed E-state index contributed by atoms with van der Waals surface area (Å²) in [7, 11) is 0. The van der Waals surface area contributed by atoms with Crippen LogP contribution in [0.5, 0.6) is 0 Å². The molecule has 0 aliphatic heterocycles. The van der Waals surface area contributed by atoms with Crippen LogP contribution in [-0.4, -0.2) is 19.5 Å². The average Bonchev–Trinajstić information content (AvgIpc) is 3.83. The normalized spacial score (nSPS) is 11.8. The van der Waals surface area contributed by atoms with Gasteiger partial charge < -0.3 is 4.42 Å². The molecule has 12 rings (SSSR count). The molecule has 12 aromatic rings. The van der Waals surface area contributed by atoms with Crippen LogP contribution >= 0.6 is 0 Å². The second kappa shape index (κ2) is 12.8. The molecule has 0 unspecified atom stereocenters. The predicted molar refractivity (Wildman–Crippen MR) is 238 cm³/mol. The lowest BCUT2D eigenvalue weighted by Gasteiger charge is -2.14. The summed E-state index contributed by atoms with van der Waals surface area (Å²) in [6, 6.07) is 68.2. The first kappa shape index (κ1) is 32.4. The summed E-state index contributed by atoms with van der Waals surface area (Å²) in [5.74, 6) is 1.70. The average molecular weight is 741 g/mol. The number of rotatable bonds is 5. The van der Waals surface area contributed by atoms with Gasteiger partial charge in [0, 0.05) is 32.7 Å². The van der Waals surface area contributed by atoms with Crippen LogP contribution in [-0.2, 0) is 0 Å². The Labute approximate surface area is 333 Å². The van der Waals surface area contributed by atoms with Crippen LogP contribution in [0.4, 0.5) is 0 Å². The van der Waals surface area contributed by atoms with Crippen molar-refractivity contribution >= 4 is 65.3 Å². The van der Waals surface area contributed by atoms with Gasteiger partial charge in [-0.3, -0.25) is 4.57 Å². The third kappa shape index (κ3) is 5.14. The second-order valence-electron chi connectivity index (χ2n) is 14.8. The van der Waals surface area contributed by atoms with Crippen LogP contribution in [0.3, 0.4) is 0 Å². The second-order valence-corrected chi connectivity index (χ2v) is 14.8. The molecule has 0 fully saturated rings. The molecule has 0 aliphatic rings. The third-order valence-electron chi connectivity index (χ3n) is 11.4. The Kier molecular flexibility index (Phi) is 7.16. The smallest absolute Gasteiger partial charge is 0.238 e. The molecule has 0 saturated carbocycles. The van der Waals surface area contributed by atoms with Gasteiger partial charge >= 0.3 is 0 Å². The Morgan fingerprint density at radius 3 is 1.78 bits per heavy atom. The van der Waals surface area contributed by atoms with E-state index in [4.69, 9.17) is 19.4 Å². The minimum atomic E-state index is 0.549. The number of nitrogens with zero attached hydrogens (tertiary/aromatic N) is 4. The summed E-state index contributed by atoms with van der Waals surface area (Å²) in [6.45, 7) is 0. The van der Waals surface area contributed by atoms with Crippen molar-refractivity contribution in [2.75, 3.05) is 0 Å². The minimum Gasteiger partial charge on any atom is -0.456 e. The van der Waals surface area contributed by atoms with Gasteiger partial charge in [0.2, 0.25) is 5.95 Å². The largest absolute Gasteiger partial charge is 0.456 e. The van der Waals surface area contributed by atoms with Crippen molar-refractivity contribution in [2.24, 2.45) is 0 Å². The Bertz CT molecular complexity index is 3580. The molecule has 3 heterocycles. The molecule has 0 N–H and O–H groups in total. The fourth-order valence-corrected chi connectivity index (χ4v) is 8.72. The monoisotopic (exact) mass is 740 g/mol. The lowest BCUT2D eigenvalue weighted by Crippen LogP contribution is -2.06. The van der Waals surface area contributed by atoms with E-state index in [-0.39, 0.29) is 0 Å². The van der Waals surface area contributed by atoms with E-state index in [9.17, 15) is 0 Å². The number of para-hydroxylation sites is 2. The molecule has 0 radical (unpaired) electrons. The van der Waals surface area contributed by atoms with Gasteiger partial charge in [0.25, 0.3) is 0 Å². The standard InChI is InChI=1S/C53H32N4O/c1-2-13-33(14-3-1)40-23-11-17-34-18-12-24-41(50(34)40)37-19-10-20-38(29-37)51-54-52(39-27-28-44-43-22-7-9-26-48(43)58-49(44)32-39)56-53(55-51)57-46-25-8-6-21-42(46)45-30-35-15-4-5-16-36(35)31-47(45)57/h1-32H. The van der Waals surface area contributed by atoms with Gasteiger partial charge in [-0.1, -0.05) is 152 Å². The van der Waals surface area contributed by atoms with Crippen molar-refractivity contribution in [3.63, 3.8) is 0 Å². The fourth-order valence-electron chi connectivity index (χ4n) is 8.72. The molecule has 0 bridgehead atoms. The Balaban J connectivity index is 1.10. The highest BCUT2D eigenvalue weighted by Gasteiger charge is 2.20. The van der Waals surface area contributed by atoms with Gasteiger partial charge in [0.15, 0.2) is 11.6 Å². The van der Waals surface area contributed by atoms with E-state index in [0.29, 0.717) is 17.6 Å². The van der Waals surface area contributed by atoms with Crippen LogP contribution in [0.2, 0.25) is 0 Å². The Morgan fingerprint density at radius 1 is 0.345 bits per heavy atom. The van der Waals surface area contributed by atoms with Crippen LogP contribution in [0.1, 0.15) is 0 Å². The van der Waals surface area contributed by atoms with Gasteiger partial charge in [-0.25, -0.2) is 4.98 Å². The molecule has 0 amide bonds. The fraction of sp³-hybridized carbons (Fsp3) is 0. The molecule has 58 heavy (non-hydrogen) atoms. The molecular formula is C53H32N4O. The molecule has 3 aromatic heterocycles. The quantitative estimate of drug-likeness (QED) is 0.176. The third-order valence-corrected chi connectivity index (χ3v) is 11.4. The molecular weight excluding hydrogens is 709 g/mol. The number of furan rings is 1. The van der Waals surface area contributed by atoms with Gasteiger partial charge in [0.1, 0.15) is 11.2 Å². The first-order valence-electron chi connectivity index (χ1n) is 19.5. The number of fused-ring (bicyclic) bond motifs is 8. The summed E-state index contributed by atoms with van der Waals surface area (Å²) in [4.78, 5) is 15.8. The summed E-state index contributed by atoms with van der Waals surface area (Å²) in [5.41, 5.74) is 10.1.